The van der Waals surface area contributed by atoms with Crippen molar-refractivity contribution in [1.82, 2.24) is 0 Å². The van der Waals surface area contributed by atoms with Crippen molar-refractivity contribution >= 4 is 10.1 Å². The minimum atomic E-state index is -4.35. The van der Waals surface area contributed by atoms with Gasteiger partial charge in [-0.05, 0) is 0 Å². The summed E-state index contributed by atoms with van der Waals surface area (Å²) in [6, 6.07) is 10.6. The van der Waals surface area contributed by atoms with Gasteiger partial charge in [-0.25, -0.2) is 8.42 Å². The molecule has 0 unspecified atom stereocenters. The fourth-order valence-corrected chi connectivity index (χ4v) is 1.67. The summed E-state index contributed by atoms with van der Waals surface area (Å²) in [7, 11) is 2.26. The lowest BCUT2D eigenvalue weighted by molar-refractivity contribution is -0.884. The smallest absolute Gasteiger partial charge is 0.188 e. The Morgan fingerprint density at radius 2 is 1.83 bits per heavy atom. The van der Waals surface area contributed by atoms with E-state index in [1.54, 1.807) is 0 Å². The van der Waals surface area contributed by atoms with E-state index in [1.807, 2.05) is 0 Å². The third-order valence-electron chi connectivity index (χ3n) is 2.21. The van der Waals surface area contributed by atoms with Crippen molar-refractivity contribution < 1.29 is 26.9 Å². The van der Waals surface area contributed by atoms with Crippen molar-refractivity contribution in [2.45, 2.75) is 6.54 Å². The lowest BCUT2D eigenvalue weighted by atomic mass is 10.2. The zero-order valence-corrected chi connectivity index (χ0v) is 14.7. The molecular formula is C16H25NO5S. The molecule has 23 heavy (non-hydrogen) atoms. The molecule has 6 nitrogen and oxygen atoms in total. The Bertz CT molecular complexity index is 562. The van der Waals surface area contributed by atoms with Crippen molar-refractivity contribution in [3.05, 3.63) is 60.2 Å². The monoisotopic (exact) mass is 343 g/mol. The van der Waals surface area contributed by atoms with E-state index in [1.165, 1.54) is 11.6 Å². The van der Waals surface area contributed by atoms with Gasteiger partial charge in [0.15, 0.2) is 6.79 Å². The highest BCUT2D eigenvalue weighted by molar-refractivity contribution is 7.88. The van der Waals surface area contributed by atoms with Gasteiger partial charge in [-0.1, -0.05) is 36.4 Å². The van der Waals surface area contributed by atoms with Crippen molar-refractivity contribution in [2.24, 2.45) is 0 Å². The summed E-state index contributed by atoms with van der Waals surface area (Å²) in [4.78, 5) is 0. The van der Waals surface area contributed by atoms with E-state index in [4.69, 9.17) is 4.74 Å². The molecular weight excluding hydrogens is 318 g/mol. The summed E-state index contributed by atoms with van der Waals surface area (Å²) in [5.41, 5.74) is 1.40. The van der Waals surface area contributed by atoms with Gasteiger partial charge in [0.1, 0.15) is 16.7 Å². The van der Waals surface area contributed by atoms with E-state index in [0.717, 1.165) is 17.3 Å². The van der Waals surface area contributed by atoms with Gasteiger partial charge in [0.2, 0.25) is 0 Å². The molecule has 0 amide bonds. The van der Waals surface area contributed by atoms with Crippen molar-refractivity contribution in [3.8, 4) is 0 Å². The lowest BCUT2D eigenvalue weighted by Gasteiger charge is -2.23. The van der Waals surface area contributed by atoms with Crippen molar-refractivity contribution in [2.75, 3.05) is 34.5 Å². The number of ether oxygens (including phenoxy) is 2. The molecule has 0 N–H and O–H groups in total. The van der Waals surface area contributed by atoms with Crippen LogP contribution < -0.4 is 0 Å². The molecule has 0 aliphatic rings. The van der Waals surface area contributed by atoms with Crippen molar-refractivity contribution in [1.29, 1.82) is 0 Å². The van der Waals surface area contributed by atoms with Crippen LogP contribution in [0.4, 0.5) is 0 Å². The first-order chi connectivity index (χ1) is 10.6. The van der Waals surface area contributed by atoms with Crippen LogP contribution in [0, 0.1) is 0 Å². The Labute approximate surface area is 139 Å². The number of hydrogen-bond acceptors (Lipinski definition) is 5. The third kappa shape index (κ3) is 16.5. The largest absolute Gasteiger partial charge is 0.744 e. The maximum absolute atomic E-state index is 9.94. The molecule has 0 saturated heterocycles. The third-order valence-corrected chi connectivity index (χ3v) is 2.65. The molecule has 0 bridgehead atoms. The Kier molecular flexibility index (Phi) is 10.2. The molecule has 0 atom stereocenters. The van der Waals surface area contributed by atoms with E-state index < -0.39 is 10.1 Å². The zero-order valence-electron chi connectivity index (χ0n) is 13.8. The average Bonchev–Trinajstić information content (AvgIpc) is 2.41. The van der Waals surface area contributed by atoms with Crippen LogP contribution in [0.15, 0.2) is 54.7 Å². The molecule has 0 aliphatic carbocycles. The molecule has 7 heteroatoms. The molecule has 0 aliphatic heterocycles. The topological polar surface area (TPSA) is 75.7 Å². The molecule has 0 aromatic heterocycles. The first-order valence-electron chi connectivity index (χ1n) is 6.91. The zero-order chi connectivity index (χ0) is 17.8. The van der Waals surface area contributed by atoms with E-state index in [-0.39, 0.29) is 6.79 Å². The summed E-state index contributed by atoms with van der Waals surface area (Å²) < 4.78 is 40.0. The quantitative estimate of drug-likeness (QED) is 0.180. The normalized spacial score (nSPS) is 11.7. The molecule has 130 valence electrons. The summed E-state index contributed by atoms with van der Waals surface area (Å²) in [5, 5.41) is 0.407. The van der Waals surface area contributed by atoms with Crippen LogP contribution in [0.1, 0.15) is 5.56 Å². The van der Waals surface area contributed by atoms with E-state index in [0.29, 0.717) is 12.0 Å². The summed E-state index contributed by atoms with van der Waals surface area (Å²) in [6.45, 7) is 4.66. The van der Waals surface area contributed by atoms with Crippen LogP contribution in [0.5, 0.6) is 0 Å². The fraction of sp³-hybridized carbons (Fsp3) is 0.375. The molecule has 1 aromatic carbocycles. The Morgan fingerprint density at radius 1 is 1.22 bits per heavy atom. The molecule has 1 aromatic rings. The first-order valence-corrected chi connectivity index (χ1v) is 8.38. The van der Waals surface area contributed by atoms with E-state index in [2.05, 4.69) is 62.8 Å². The maximum atomic E-state index is 9.94. The molecule has 0 spiro atoms. The van der Waals surface area contributed by atoms with Crippen LogP contribution in [0.25, 0.3) is 0 Å². The summed E-state index contributed by atoms with van der Waals surface area (Å²) >= 11 is 0. The van der Waals surface area contributed by atoms with Crippen LogP contribution in [-0.4, -0.2) is 52.0 Å². The molecule has 0 radical (unpaired) electrons. The Morgan fingerprint density at radius 3 is 2.30 bits per heavy atom. The predicted molar refractivity (Wildman–Crippen MR) is 89.1 cm³/mol. The molecule has 0 fully saturated rings. The minimum Gasteiger partial charge on any atom is -0.744 e. The number of quaternary nitrogens is 1. The van der Waals surface area contributed by atoms with Gasteiger partial charge in [-0.2, -0.15) is 0 Å². The second-order valence-electron chi connectivity index (χ2n) is 5.64. The van der Waals surface area contributed by atoms with Gasteiger partial charge in [0.05, 0.1) is 39.4 Å². The Balaban J connectivity index is 0.000000422. The van der Waals surface area contributed by atoms with Gasteiger partial charge < -0.3 is 18.5 Å². The van der Waals surface area contributed by atoms with Gasteiger partial charge in [0, 0.05) is 5.56 Å². The minimum absolute atomic E-state index is 0.113. The fourth-order valence-electron chi connectivity index (χ4n) is 1.46. The van der Waals surface area contributed by atoms with E-state index >= 15 is 0 Å². The highest BCUT2D eigenvalue weighted by Crippen LogP contribution is 2.05. The van der Waals surface area contributed by atoms with Crippen LogP contribution in [0.2, 0.25) is 0 Å². The van der Waals surface area contributed by atoms with Crippen molar-refractivity contribution in [3.63, 3.8) is 0 Å². The first kappa shape index (κ1) is 21.3. The number of benzene rings is 1. The van der Waals surface area contributed by atoms with Gasteiger partial charge in [-0.15, -0.1) is 6.58 Å². The van der Waals surface area contributed by atoms with Gasteiger partial charge in [0.25, 0.3) is 0 Å². The van der Waals surface area contributed by atoms with Gasteiger partial charge >= 0.3 is 0 Å². The number of hydrogen-bond donors (Lipinski definition) is 0. The van der Waals surface area contributed by atoms with Crippen LogP contribution in [-0.2, 0) is 26.1 Å². The van der Waals surface area contributed by atoms with Crippen LogP contribution in [0.3, 0.4) is 0 Å². The molecule has 0 saturated carbocycles. The van der Waals surface area contributed by atoms with Crippen LogP contribution >= 0.6 is 0 Å². The second-order valence-corrected chi connectivity index (χ2v) is 6.90. The maximum Gasteiger partial charge on any atom is 0.188 e. The van der Waals surface area contributed by atoms with E-state index in [9.17, 15) is 13.0 Å². The highest BCUT2D eigenvalue weighted by atomic mass is 32.2. The molecule has 0 heterocycles. The second kappa shape index (κ2) is 11.0. The number of nitrogens with zero attached hydrogens (tertiary/aromatic N) is 1. The average molecular weight is 343 g/mol. The summed E-state index contributed by atoms with van der Waals surface area (Å²) in [6.07, 6.45) is 2.28. The molecule has 1 rings (SSSR count). The Hall–Kier alpha value is -1.67. The number of rotatable bonds is 8. The standard InChI is InChI=1S/C10H16N.C6H10O5S/c1-11(2,3)9-10-7-5-4-6-8-10;1-2-3-10-6-11-4-5-12(7,8)9/h4-8H,9H2,1-3H3;2,4-5H,1,3,6H2,(H,7,8,9)/q+1;/p-1. The lowest BCUT2D eigenvalue weighted by Crippen LogP contribution is -2.33. The highest BCUT2D eigenvalue weighted by Gasteiger charge is 2.06. The summed E-state index contributed by atoms with van der Waals surface area (Å²) in [5.74, 6) is 0. The SMILES string of the molecule is C=CCOCOC=CS(=O)(=O)[O-].C[N+](C)(C)Cc1ccccc1. The predicted octanol–water partition coefficient (Wildman–Crippen LogP) is 2.07. The van der Waals surface area contributed by atoms with Gasteiger partial charge in [-0.3, -0.25) is 0 Å².